The fourth-order valence-corrected chi connectivity index (χ4v) is 3.24. The highest BCUT2D eigenvalue weighted by atomic mass is 32.1. The maximum absolute atomic E-state index is 12.5. The van der Waals surface area contributed by atoms with Gasteiger partial charge in [0.25, 0.3) is 7.41 Å². The van der Waals surface area contributed by atoms with Gasteiger partial charge in [0.05, 0.1) is 17.9 Å². The van der Waals surface area contributed by atoms with E-state index in [0.717, 1.165) is 16.8 Å². The molecule has 1 atom stereocenters. The standard InChI is InChI=1S/C17H25B2N5O4S/c1-11(2)6-14(23-18-10-25)16(26)21-15-9-29-17(22-15)12-4-5-13(20-7-12)8-28-24-19(3)27/h4-5,7,9-11,14,18,23-24,27H,6,8H2,1-3H3,(H,21,26)/t14-/m0/s1. The van der Waals surface area contributed by atoms with Crippen LogP contribution in [0.1, 0.15) is 26.0 Å². The summed E-state index contributed by atoms with van der Waals surface area (Å²) in [7, 11) is -0.631. The lowest BCUT2D eigenvalue weighted by molar-refractivity contribution is -0.118. The zero-order valence-electron chi connectivity index (χ0n) is 16.7. The molecule has 0 saturated carbocycles. The smallest absolute Gasteiger partial charge is 0.398 e. The number of pyridine rings is 1. The van der Waals surface area contributed by atoms with Gasteiger partial charge in [0.1, 0.15) is 17.4 Å². The summed E-state index contributed by atoms with van der Waals surface area (Å²) in [4.78, 5) is 37.0. The lowest BCUT2D eigenvalue weighted by Crippen LogP contribution is -2.43. The molecule has 0 unspecified atom stereocenters. The molecule has 154 valence electrons. The summed E-state index contributed by atoms with van der Waals surface area (Å²) >= 11 is 1.40. The van der Waals surface area contributed by atoms with Crippen LogP contribution in [0.2, 0.25) is 6.82 Å². The summed E-state index contributed by atoms with van der Waals surface area (Å²) in [6.07, 6.45) is 3.04. The van der Waals surface area contributed by atoms with Gasteiger partial charge in [-0.1, -0.05) is 13.8 Å². The lowest BCUT2D eigenvalue weighted by atomic mass is 9.92. The van der Waals surface area contributed by atoms with Crippen molar-refractivity contribution < 1.29 is 19.5 Å². The predicted molar refractivity (Wildman–Crippen MR) is 116 cm³/mol. The van der Waals surface area contributed by atoms with E-state index in [-0.39, 0.29) is 19.9 Å². The zero-order valence-corrected chi connectivity index (χ0v) is 17.5. The van der Waals surface area contributed by atoms with Crippen molar-refractivity contribution in [1.82, 2.24) is 20.6 Å². The highest BCUT2D eigenvalue weighted by molar-refractivity contribution is 7.13. The minimum absolute atomic E-state index is 0.127. The van der Waals surface area contributed by atoms with E-state index in [0.29, 0.717) is 23.9 Å². The second-order valence-corrected chi connectivity index (χ2v) is 7.76. The quantitative estimate of drug-likeness (QED) is 0.227. The van der Waals surface area contributed by atoms with Gasteiger partial charge in [-0.3, -0.25) is 9.78 Å². The fraction of sp³-hybridized carbons (Fsp3) is 0.412. The Kier molecular flexibility index (Phi) is 9.42. The second-order valence-electron chi connectivity index (χ2n) is 6.90. The van der Waals surface area contributed by atoms with Crippen molar-refractivity contribution >= 4 is 43.7 Å². The third-order valence-electron chi connectivity index (χ3n) is 3.77. The first-order chi connectivity index (χ1) is 13.9. The van der Waals surface area contributed by atoms with Crippen molar-refractivity contribution in [3.05, 3.63) is 29.4 Å². The molecule has 0 aliphatic heterocycles. The number of amides is 1. The van der Waals surface area contributed by atoms with Gasteiger partial charge in [-0.2, -0.15) is 0 Å². The Hall–Kier alpha value is -2.11. The normalized spacial score (nSPS) is 11.9. The molecule has 0 radical (unpaired) electrons. The highest BCUT2D eigenvalue weighted by Gasteiger charge is 2.20. The molecule has 4 N–H and O–H groups in total. The number of carbonyl (C=O) groups excluding carboxylic acids is 2. The van der Waals surface area contributed by atoms with E-state index in [2.05, 4.69) is 25.9 Å². The highest BCUT2D eigenvalue weighted by Crippen LogP contribution is 2.25. The molecular formula is C17H25B2N5O4S. The van der Waals surface area contributed by atoms with E-state index in [1.54, 1.807) is 24.5 Å². The van der Waals surface area contributed by atoms with Crippen LogP contribution in [0.25, 0.3) is 10.6 Å². The largest absolute Gasteiger partial charge is 0.436 e. The topological polar surface area (TPSA) is 125 Å². The Morgan fingerprint density at radius 1 is 1.45 bits per heavy atom. The van der Waals surface area contributed by atoms with Crippen LogP contribution in [0.3, 0.4) is 0 Å². The molecular weight excluding hydrogens is 392 g/mol. The zero-order chi connectivity index (χ0) is 21.2. The number of nitrogens with one attached hydrogen (secondary N) is 3. The van der Waals surface area contributed by atoms with Gasteiger partial charge < -0.3 is 25.2 Å². The van der Waals surface area contributed by atoms with Crippen molar-refractivity contribution in [2.24, 2.45) is 5.92 Å². The SMILES string of the molecule is CB(O)NOCc1ccc(-c2nc(NC(=O)[C@H](CC(C)C)NBC=O)cs2)cn1. The summed E-state index contributed by atoms with van der Waals surface area (Å²) in [5.41, 5.74) is 1.52. The number of hydrogen-bond donors (Lipinski definition) is 4. The Bertz CT molecular complexity index is 788. The lowest BCUT2D eigenvalue weighted by Gasteiger charge is -2.18. The van der Waals surface area contributed by atoms with Crippen molar-refractivity contribution in [2.75, 3.05) is 5.32 Å². The Morgan fingerprint density at radius 2 is 2.24 bits per heavy atom. The Labute approximate surface area is 175 Å². The van der Waals surface area contributed by atoms with E-state index in [1.165, 1.54) is 11.3 Å². The molecule has 1 amide bonds. The Morgan fingerprint density at radius 3 is 2.86 bits per heavy atom. The van der Waals surface area contributed by atoms with Crippen LogP contribution < -0.4 is 15.9 Å². The minimum atomic E-state index is -0.757. The van der Waals surface area contributed by atoms with Gasteiger partial charge in [0.2, 0.25) is 5.91 Å². The molecule has 0 fully saturated rings. The number of rotatable bonds is 12. The summed E-state index contributed by atoms with van der Waals surface area (Å²) in [5.74, 6) is 0.555. The van der Waals surface area contributed by atoms with E-state index >= 15 is 0 Å². The van der Waals surface area contributed by atoms with E-state index in [4.69, 9.17) is 9.86 Å². The molecule has 12 heteroatoms. The van der Waals surface area contributed by atoms with E-state index in [9.17, 15) is 9.59 Å². The molecule has 0 bridgehead atoms. The van der Waals surface area contributed by atoms with Gasteiger partial charge in [-0.25, -0.2) is 10.4 Å². The van der Waals surface area contributed by atoms with Crippen LogP contribution in [0.4, 0.5) is 5.82 Å². The maximum atomic E-state index is 12.5. The first kappa shape index (κ1) is 23.2. The molecule has 0 aliphatic rings. The minimum Gasteiger partial charge on any atom is -0.436 e. The number of aromatic nitrogens is 2. The van der Waals surface area contributed by atoms with E-state index in [1.807, 2.05) is 19.9 Å². The molecule has 2 aromatic rings. The third-order valence-corrected chi connectivity index (χ3v) is 4.66. The maximum Gasteiger partial charge on any atom is 0.398 e. The van der Waals surface area contributed by atoms with E-state index < -0.39 is 13.1 Å². The van der Waals surface area contributed by atoms with Gasteiger partial charge in [0.15, 0.2) is 0 Å². The molecule has 0 saturated heterocycles. The molecule has 9 nitrogen and oxygen atoms in total. The van der Waals surface area contributed by atoms with Crippen LogP contribution in [-0.2, 0) is 21.0 Å². The molecule has 2 rings (SSSR count). The van der Waals surface area contributed by atoms with Crippen LogP contribution in [-0.4, -0.2) is 47.6 Å². The van der Waals surface area contributed by atoms with Gasteiger partial charge in [-0.05, 0) is 31.3 Å². The molecule has 29 heavy (non-hydrogen) atoms. The van der Waals surface area contributed by atoms with Crippen molar-refractivity contribution in [2.45, 2.75) is 39.7 Å². The number of carbonyl (C=O) groups is 2. The van der Waals surface area contributed by atoms with Crippen molar-refractivity contribution in [3.8, 4) is 10.6 Å². The average molecular weight is 417 g/mol. The third kappa shape index (κ3) is 8.03. The van der Waals surface area contributed by atoms with Crippen LogP contribution in [0.5, 0.6) is 0 Å². The summed E-state index contributed by atoms with van der Waals surface area (Å²) in [6.45, 7) is 5.81. The molecule has 0 aromatic carbocycles. The summed E-state index contributed by atoms with van der Waals surface area (Å²) in [5, 5.41) is 19.8. The van der Waals surface area contributed by atoms with Gasteiger partial charge in [0, 0.05) is 17.1 Å². The number of hydrogen-bond acceptors (Lipinski definition) is 9. The molecule has 2 aromatic heterocycles. The van der Waals surface area contributed by atoms with Crippen LogP contribution in [0, 0.1) is 5.92 Å². The van der Waals surface area contributed by atoms with Crippen molar-refractivity contribution in [1.29, 1.82) is 0 Å². The van der Waals surface area contributed by atoms with Crippen LogP contribution >= 0.6 is 11.3 Å². The van der Waals surface area contributed by atoms with Gasteiger partial charge in [-0.15, -0.1) is 11.3 Å². The van der Waals surface area contributed by atoms with Crippen molar-refractivity contribution in [3.63, 3.8) is 0 Å². The average Bonchev–Trinajstić information content (AvgIpc) is 3.13. The second kappa shape index (κ2) is 11.8. The predicted octanol–water partition coefficient (Wildman–Crippen LogP) is 0.821. The number of thiazole rings is 1. The molecule has 2 heterocycles. The molecule has 0 aliphatic carbocycles. The monoisotopic (exact) mass is 417 g/mol. The molecule has 0 spiro atoms. The number of anilines is 1. The fourth-order valence-electron chi connectivity index (χ4n) is 2.49. The summed E-state index contributed by atoms with van der Waals surface area (Å²) in [6, 6.07) is 3.22. The van der Waals surface area contributed by atoms with Crippen LogP contribution in [0.15, 0.2) is 23.7 Å². The first-order valence-electron chi connectivity index (χ1n) is 9.33. The first-order valence-corrected chi connectivity index (χ1v) is 10.2. The van der Waals surface area contributed by atoms with Gasteiger partial charge >= 0.3 is 7.05 Å². The Balaban J connectivity index is 1.97. The summed E-state index contributed by atoms with van der Waals surface area (Å²) < 4.78 is 0. The number of nitrogens with zero attached hydrogens (tertiary/aromatic N) is 2.